The van der Waals surface area contributed by atoms with Gasteiger partial charge in [-0.25, -0.2) is 4.79 Å². The average Bonchev–Trinajstić information content (AvgIpc) is 2.79. The number of hydrogen-bond acceptors (Lipinski definition) is 6. The lowest BCUT2D eigenvalue weighted by Gasteiger charge is -2.14. The average molecular weight is 282 g/mol. The second-order valence-corrected chi connectivity index (χ2v) is 4.23. The van der Waals surface area contributed by atoms with Crippen LogP contribution in [0.1, 0.15) is 19.6 Å². The number of nitrogens with one attached hydrogen (secondary N) is 1. The highest BCUT2D eigenvalue weighted by Crippen LogP contribution is 2.27. The lowest BCUT2D eigenvalue weighted by Crippen LogP contribution is -2.32. The summed E-state index contributed by atoms with van der Waals surface area (Å²) in [6.07, 6.45) is 1.11. The quantitative estimate of drug-likeness (QED) is 0.584. The molecule has 1 aliphatic rings. The lowest BCUT2D eigenvalue weighted by molar-refractivity contribution is -0.0460. The Kier molecular flexibility index (Phi) is 4.24. The van der Waals surface area contributed by atoms with Crippen molar-refractivity contribution < 1.29 is 19.7 Å². The number of aliphatic hydroxyl groups excluding tert-OH is 2. The van der Waals surface area contributed by atoms with Crippen LogP contribution in [0.4, 0.5) is 0 Å². The summed E-state index contributed by atoms with van der Waals surface area (Å²) in [6.45, 7) is 1.17. The number of aliphatic hydroxyl groups is 2. The summed E-state index contributed by atoms with van der Waals surface area (Å²) in [4.78, 5) is 25.3. The number of hydrogen-bond donors (Lipinski definition) is 3. The number of aromatic amines is 1. The number of aromatic nitrogens is 2. The number of nitrogens with zero attached hydrogens (tertiary/aromatic N) is 1. The molecule has 0 aliphatic carbocycles. The lowest BCUT2D eigenvalue weighted by atomic mass is 10.2. The Morgan fingerprint density at radius 2 is 2.35 bits per heavy atom. The van der Waals surface area contributed by atoms with Crippen molar-refractivity contribution in [2.75, 3.05) is 6.61 Å². The largest absolute Gasteiger partial charge is 0.400 e. The van der Waals surface area contributed by atoms with Gasteiger partial charge >= 0.3 is 5.69 Å². The van der Waals surface area contributed by atoms with Crippen molar-refractivity contribution in [2.45, 2.75) is 31.8 Å². The molecule has 2 rings (SSSR count). The van der Waals surface area contributed by atoms with E-state index < -0.39 is 29.7 Å². The smallest absolute Gasteiger partial charge is 0.330 e. The number of rotatable bonds is 3. The third-order valence-corrected chi connectivity index (χ3v) is 2.89. The minimum absolute atomic E-state index is 0.121. The Bertz CT molecular complexity index is 652. The maximum Gasteiger partial charge on any atom is 0.330 e. The van der Waals surface area contributed by atoms with E-state index in [1.165, 1.54) is 13.1 Å². The highest BCUT2D eigenvalue weighted by Gasteiger charge is 2.35. The van der Waals surface area contributed by atoms with Gasteiger partial charge in [-0.1, -0.05) is 5.92 Å². The van der Waals surface area contributed by atoms with Crippen LogP contribution in [0.25, 0.3) is 0 Å². The second-order valence-electron chi connectivity index (χ2n) is 4.23. The van der Waals surface area contributed by atoms with Crippen LogP contribution < -0.4 is 16.0 Å². The van der Waals surface area contributed by atoms with Crippen molar-refractivity contribution in [3.8, 4) is 17.8 Å². The zero-order chi connectivity index (χ0) is 14.7. The molecule has 20 heavy (non-hydrogen) atoms. The van der Waals surface area contributed by atoms with E-state index in [0.29, 0.717) is 0 Å². The van der Waals surface area contributed by atoms with Crippen molar-refractivity contribution in [3.63, 3.8) is 0 Å². The second kappa shape index (κ2) is 5.92. The van der Waals surface area contributed by atoms with Crippen LogP contribution in [0.3, 0.4) is 0 Å². The summed E-state index contributed by atoms with van der Waals surface area (Å²) in [7, 11) is 0. The predicted molar refractivity (Wildman–Crippen MR) is 67.0 cm³/mol. The van der Waals surface area contributed by atoms with E-state index in [-0.39, 0.29) is 18.8 Å². The SMILES string of the molecule is CC#COc1cn([C@@H]2CC(O)[C@H](CO)O2)c(=O)[nH]c1=O. The molecule has 8 heteroatoms. The molecule has 108 valence electrons. The van der Waals surface area contributed by atoms with E-state index in [9.17, 15) is 14.7 Å². The Morgan fingerprint density at radius 3 is 2.95 bits per heavy atom. The fourth-order valence-electron chi connectivity index (χ4n) is 1.91. The van der Waals surface area contributed by atoms with Gasteiger partial charge in [0.25, 0.3) is 5.56 Å². The van der Waals surface area contributed by atoms with Gasteiger partial charge in [0, 0.05) is 13.3 Å². The molecule has 8 nitrogen and oxygen atoms in total. The first-order valence-corrected chi connectivity index (χ1v) is 5.95. The standard InChI is InChI=1S/C12H14N2O6/c1-2-3-19-8-5-14(12(18)13-11(8)17)10-4-7(16)9(6-15)20-10/h5,7,9-10,15-16H,4,6H2,1H3,(H,13,17,18)/t7?,9-,10-/m0/s1. The van der Waals surface area contributed by atoms with Crippen molar-refractivity contribution >= 4 is 0 Å². The van der Waals surface area contributed by atoms with Crippen LogP contribution in [0.5, 0.6) is 5.75 Å². The molecule has 1 saturated heterocycles. The monoisotopic (exact) mass is 282 g/mol. The summed E-state index contributed by atoms with van der Waals surface area (Å²) in [6, 6.07) is 0. The molecular formula is C12H14N2O6. The molecule has 1 aromatic heterocycles. The molecule has 0 aromatic carbocycles. The van der Waals surface area contributed by atoms with Gasteiger partial charge in [-0.15, -0.1) is 0 Å². The topological polar surface area (TPSA) is 114 Å². The van der Waals surface area contributed by atoms with Gasteiger partial charge in [-0.3, -0.25) is 14.3 Å². The van der Waals surface area contributed by atoms with Gasteiger partial charge in [0.1, 0.15) is 18.4 Å². The third kappa shape index (κ3) is 2.75. The molecule has 0 amide bonds. The van der Waals surface area contributed by atoms with Crippen molar-refractivity contribution in [2.24, 2.45) is 0 Å². The first kappa shape index (κ1) is 14.3. The summed E-state index contributed by atoms with van der Waals surface area (Å²) in [5.41, 5.74) is -1.39. The molecule has 3 N–H and O–H groups in total. The van der Waals surface area contributed by atoms with Gasteiger partial charge in [-0.05, 0) is 0 Å². The molecular weight excluding hydrogens is 268 g/mol. The molecule has 1 unspecified atom stereocenters. The first-order chi connectivity index (χ1) is 9.56. The minimum Gasteiger partial charge on any atom is -0.400 e. The molecule has 0 saturated carbocycles. The van der Waals surface area contributed by atoms with Crippen molar-refractivity contribution in [1.29, 1.82) is 0 Å². The van der Waals surface area contributed by atoms with Crippen molar-refractivity contribution in [1.82, 2.24) is 9.55 Å². The van der Waals surface area contributed by atoms with Gasteiger partial charge < -0.3 is 19.7 Å². The zero-order valence-corrected chi connectivity index (χ0v) is 10.7. The summed E-state index contributed by atoms with van der Waals surface area (Å²) >= 11 is 0. The Hall–Kier alpha value is -2.08. The van der Waals surface area contributed by atoms with Crippen molar-refractivity contribution in [3.05, 3.63) is 27.0 Å². The fourth-order valence-corrected chi connectivity index (χ4v) is 1.91. The van der Waals surface area contributed by atoms with E-state index >= 15 is 0 Å². The summed E-state index contributed by atoms with van der Waals surface area (Å²) in [5, 5.41) is 18.7. The summed E-state index contributed by atoms with van der Waals surface area (Å²) < 4.78 is 11.3. The first-order valence-electron chi connectivity index (χ1n) is 5.95. The Labute approximate surface area is 113 Å². The molecule has 3 atom stereocenters. The van der Waals surface area contributed by atoms with E-state index in [4.69, 9.17) is 14.6 Å². The fraction of sp³-hybridized carbons (Fsp3) is 0.500. The normalized spacial score (nSPS) is 25.1. The molecule has 1 aliphatic heterocycles. The van der Waals surface area contributed by atoms with Crippen LogP contribution in [-0.4, -0.2) is 38.6 Å². The highest BCUT2D eigenvalue weighted by molar-refractivity contribution is 5.15. The minimum atomic E-state index is -0.886. The molecule has 0 spiro atoms. The van der Waals surface area contributed by atoms with E-state index in [1.54, 1.807) is 0 Å². The number of ether oxygens (including phenoxy) is 2. The highest BCUT2D eigenvalue weighted by atomic mass is 16.5. The van der Waals surface area contributed by atoms with E-state index in [1.807, 2.05) is 0 Å². The molecule has 1 fully saturated rings. The van der Waals surface area contributed by atoms with E-state index in [0.717, 1.165) is 4.57 Å². The Morgan fingerprint density at radius 1 is 1.60 bits per heavy atom. The molecule has 0 bridgehead atoms. The van der Waals surface area contributed by atoms with E-state index in [2.05, 4.69) is 17.0 Å². The maximum atomic E-state index is 11.7. The predicted octanol–water partition coefficient (Wildman–Crippen LogP) is -1.46. The molecule has 0 radical (unpaired) electrons. The zero-order valence-electron chi connectivity index (χ0n) is 10.7. The maximum absolute atomic E-state index is 11.7. The van der Waals surface area contributed by atoms with Crippen LogP contribution in [0.15, 0.2) is 15.8 Å². The Balaban J connectivity index is 2.34. The van der Waals surface area contributed by atoms with Crippen LogP contribution >= 0.6 is 0 Å². The molecule has 2 heterocycles. The van der Waals surface area contributed by atoms with Crippen LogP contribution in [0.2, 0.25) is 0 Å². The summed E-state index contributed by atoms with van der Waals surface area (Å²) in [5.74, 6) is 2.30. The van der Waals surface area contributed by atoms with Gasteiger partial charge in [0.15, 0.2) is 0 Å². The van der Waals surface area contributed by atoms with Gasteiger partial charge in [0.2, 0.25) is 5.75 Å². The third-order valence-electron chi connectivity index (χ3n) is 2.89. The van der Waals surface area contributed by atoms with Gasteiger partial charge in [0.05, 0.1) is 18.9 Å². The number of H-pyrrole nitrogens is 1. The molecule has 1 aromatic rings. The van der Waals surface area contributed by atoms with Gasteiger partial charge in [-0.2, -0.15) is 0 Å². The van der Waals surface area contributed by atoms with Crippen LogP contribution in [-0.2, 0) is 4.74 Å². The van der Waals surface area contributed by atoms with Crippen LogP contribution in [0, 0.1) is 12.0 Å².